The summed E-state index contributed by atoms with van der Waals surface area (Å²) in [6, 6.07) is 7.10. The number of carboxylic acid groups (broad SMARTS) is 1. The van der Waals surface area contributed by atoms with E-state index in [0.717, 1.165) is 17.7 Å². The third kappa shape index (κ3) is 2.17. The van der Waals surface area contributed by atoms with Crippen molar-refractivity contribution in [3.8, 4) is 5.75 Å². The second-order valence-corrected chi connectivity index (χ2v) is 3.99. The zero-order valence-electron chi connectivity index (χ0n) is 9.22. The van der Waals surface area contributed by atoms with Crippen LogP contribution in [0.2, 0.25) is 0 Å². The van der Waals surface area contributed by atoms with E-state index >= 15 is 0 Å². The summed E-state index contributed by atoms with van der Waals surface area (Å²) in [4.78, 5) is 16.6. The summed E-state index contributed by atoms with van der Waals surface area (Å²) in [5, 5.41) is 10.6. The van der Waals surface area contributed by atoms with E-state index in [1.54, 1.807) is 5.06 Å². The van der Waals surface area contributed by atoms with E-state index in [9.17, 15) is 4.79 Å². The first-order valence-electron chi connectivity index (χ1n) is 5.41. The number of para-hydroxylation sites is 1. The Morgan fingerprint density at radius 1 is 1.50 bits per heavy atom. The predicted octanol–water partition coefficient (Wildman–Crippen LogP) is 1.84. The molecule has 1 heterocycles. The van der Waals surface area contributed by atoms with Gasteiger partial charge in [0.25, 0.3) is 0 Å². The van der Waals surface area contributed by atoms with Gasteiger partial charge < -0.3 is 9.94 Å². The Morgan fingerprint density at radius 2 is 2.25 bits per heavy atom. The minimum Gasteiger partial charge on any atom is -0.480 e. The minimum absolute atomic E-state index is 0.514. The maximum absolute atomic E-state index is 11.0. The van der Waals surface area contributed by atoms with Gasteiger partial charge in [0.05, 0.1) is 0 Å². The summed E-state index contributed by atoms with van der Waals surface area (Å²) in [6.45, 7) is 2.62. The van der Waals surface area contributed by atoms with Crippen molar-refractivity contribution in [1.82, 2.24) is 5.06 Å². The molecular weight excluding hydrogens is 206 g/mol. The normalized spacial score (nSPS) is 20.9. The van der Waals surface area contributed by atoms with Crippen LogP contribution < -0.4 is 4.84 Å². The zero-order valence-corrected chi connectivity index (χ0v) is 9.22. The fraction of sp³-hybridized carbons (Fsp3) is 0.417. The van der Waals surface area contributed by atoms with Crippen LogP contribution in [0.3, 0.4) is 0 Å². The molecule has 1 aromatic rings. The summed E-state index contributed by atoms with van der Waals surface area (Å²) < 4.78 is 0. The highest BCUT2D eigenvalue weighted by Crippen LogP contribution is 2.23. The van der Waals surface area contributed by atoms with Crippen LogP contribution in [0.5, 0.6) is 5.75 Å². The molecule has 0 radical (unpaired) electrons. The van der Waals surface area contributed by atoms with Crippen LogP contribution in [0.15, 0.2) is 24.3 Å². The quantitative estimate of drug-likeness (QED) is 0.846. The number of hydrogen-bond acceptors (Lipinski definition) is 3. The molecule has 1 aromatic carbocycles. The first kappa shape index (κ1) is 11.0. The lowest BCUT2D eigenvalue weighted by atomic mass is 10.2. The van der Waals surface area contributed by atoms with Crippen molar-refractivity contribution in [3.05, 3.63) is 29.8 Å². The summed E-state index contributed by atoms with van der Waals surface area (Å²) in [7, 11) is 0. The van der Waals surface area contributed by atoms with E-state index in [2.05, 4.69) is 0 Å². The molecule has 86 valence electrons. The second-order valence-electron chi connectivity index (χ2n) is 3.99. The van der Waals surface area contributed by atoms with E-state index in [1.165, 1.54) is 0 Å². The van der Waals surface area contributed by atoms with Crippen molar-refractivity contribution < 1.29 is 14.7 Å². The van der Waals surface area contributed by atoms with Gasteiger partial charge in [-0.2, -0.15) is 0 Å². The second kappa shape index (κ2) is 4.53. The zero-order chi connectivity index (χ0) is 11.5. The van der Waals surface area contributed by atoms with E-state index in [-0.39, 0.29) is 0 Å². The lowest BCUT2D eigenvalue weighted by molar-refractivity contribution is -0.154. The molecule has 16 heavy (non-hydrogen) atoms. The van der Waals surface area contributed by atoms with Crippen LogP contribution in [0.4, 0.5) is 0 Å². The van der Waals surface area contributed by atoms with Gasteiger partial charge in [-0.25, -0.2) is 0 Å². The standard InChI is InChI=1S/C12H15NO3/c1-9-5-2-3-7-11(9)16-13-8-4-6-10(13)12(14)15/h2-3,5,7,10H,4,6,8H2,1H3,(H,14,15). The number of hydroxylamine groups is 2. The highest BCUT2D eigenvalue weighted by atomic mass is 16.7. The highest BCUT2D eigenvalue weighted by molar-refractivity contribution is 5.73. The SMILES string of the molecule is Cc1ccccc1ON1CCCC1C(=O)O. The van der Waals surface area contributed by atoms with Crippen molar-refractivity contribution in [1.29, 1.82) is 0 Å². The van der Waals surface area contributed by atoms with Crippen LogP contribution in [0.1, 0.15) is 18.4 Å². The van der Waals surface area contributed by atoms with Gasteiger partial charge in [0, 0.05) is 6.54 Å². The number of aliphatic carboxylic acids is 1. The molecule has 1 saturated heterocycles. The van der Waals surface area contributed by atoms with Gasteiger partial charge in [0.1, 0.15) is 11.8 Å². The summed E-state index contributed by atoms with van der Waals surface area (Å²) in [5.74, 6) is -0.0817. The Labute approximate surface area is 94.4 Å². The van der Waals surface area contributed by atoms with Crippen molar-refractivity contribution in [2.24, 2.45) is 0 Å². The smallest absolute Gasteiger partial charge is 0.324 e. The highest BCUT2D eigenvalue weighted by Gasteiger charge is 2.32. The first-order chi connectivity index (χ1) is 7.68. The Hall–Kier alpha value is -1.55. The third-order valence-electron chi connectivity index (χ3n) is 2.80. The van der Waals surface area contributed by atoms with Gasteiger partial charge in [0.2, 0.25) is 0 Å². The maximum atomic E-state index is 11.0. The number of aryl methyl sites for hydroxylation is 1. The first-order valence-corrected chi connectivity index (χ1v) is 5.41. The molecule has 1 atom stereocenters. The van der Waals surface area contributed by atoms with Crippen molar-refractivity contribution >= 4 is 5.97 Å². The van der Waals surface area contributed by atoms with E-state index in [1.807, 2.05) is 31.2 Å². The van der Waals surface area contributed by atoms with Crippen LogP contribution in [-0.2, 0) is 4.79 Å². The van der Waals surface area contributed by atoms with Gasteiger partial charge in [-0.05, 0) is 31.4 Å². The van der Waals surface area contributed by atoms with Gasteiger partial charge in [-0.3, -0.25) is 4.79 Å². The van der Waals surface area contributed by atoms with Gasteiger partial charge in [-0.1, -0.05) is 18.2 Å². The van der Waals surface area contributed by atoms with Crippen LogP contribution in [0.25, 0.3) is 0 Å². The largest absolute Gasteiger partial charge is 0.480 e. The molecule has 1 fully saturated rings. The van der Waals surface area contributed by atoms with E-state index in [4.69, 9.17) is 9.94 Å². The van der Waals surface area contributed by atoms with Crippen LogP contribution in [-0.4, -0.2) is 28.7 Å². The molecule has 4 heteroatoms. The topological polar surface area (TPSA) is 49.8 Å². The van der Waals surface area contributed by atoms with Gasteiger partial charge >= 0.3 is 5.97 Å². The summed E-state index contributed by atoms with van der Waals surface area (Å²) in [6.07, 6.45) is 1.52. The number of rotatable bonds is 3. The van der Waals surface area contributed by atoms with Crippen molar-refractivity contribution in [3.63, 3.8) is 0 Å². The number of benzene rings is 1. The van der Waals surface area contributed by atoms with E-state index < -0.39 is 12.0 Å². The van der Waals surface area contributed by atoms with E-state index in [0.29, 0.717) is 13.0 Å². The number of hydrogen-bond donors (Lipinski definition) is 1. The molecule has 1 N–H and O–H groups in total. The van der Waals surface area contributed by atoms with Crippen LogP contribution >= 0.6 is 0 Å². The molecule has 0 bridgehead atoms. The number of carboxylic acids is 1. The van der Waals surface area contributed by atoms with Gasteiger partial charge in [-0.15, -0.1) is 5.06 Å². The lowest BCUT2D eigenvalue weighted by Crippen LogP contribution is -2.38. The molecule has 0 aromatic heterocycles. The fourth-order valence-corrected chi connectivity index (χ4v) is 1.88. The number of carbonyl (C=O) groups is 1. The molecule has 0 aliphatic carbocycles. The Kier molecular flexibility index (Phi) is 3.10. The van der Waals surface area contributed by atoms with Crippen molar-refractivity contribution in [2.45, 2.75) is 25.8 Å². The monoisotopic (exact) mass is 221 g/mol. The average Bonchev–Trinajstić information content (AvgIpc) is 2.69. The summed E-state index contributed by atoms with van der Waals surface area (Å²) >= 11 is 0. The Bertz CT molecular complexity index is 392. The molecule has 1 aliphatic heterocycles. The molecule has 2 rings (SSSR count). The van der Waals surface area contributed by atoms with Crippen molar-refractivity contribution in [2.75, 3.05) is 6.54 Å². The third-order valence-corrected chi connectivity index (χ3v) is 2.80. The molecule has 0 saturated carbocycles. The molecule has 4 nitrogen and oxygen atoms in total. The molecule has 1 aliphatic rings. The molecule has 0 amide bonds. The fourth-order valence-electron chi connectivity index (χ4n) is 1.88. The molecule has 0 spiro atoms. The molecular formula is C12H15NO3. The maximum Gasteiger partial charge on any atom is 0.324 e. The lowest BCUT2D eigenvalue weighted by Gasteiger charge is -2.22. The molecule has 1 unspecified atom stereocenters. The van der Waals surface area contributed by atoms with Gasteiger partial charge in [0.15, 0.2) is 0 Å². The number of nitrogens with zero attached hydrogens (tertiary/aromatic N) is 1. The Morgan fingerprint density at radius 3 is 2.94 bits per heavy atom. The summed E-state index contributed by atoms with van der Waals surface area (Å²) in [5.41, 5.74) is 1.01. The average molecular weight is 221 g/mol. The Balaban J connectivity index is 2.10. The predicted molar refractivity (Wildman–Crippen MR) is 59.2 cm³/mol. The minimum atomic E-state index is -0.814. The van der Waals surface area contributed by atoms with Crippen LogP contribution in [0, 0.1) is 6.92 Å².